The van der Waals surface area contributed by atoms with E-state index in [0.29, 0.717) is 11.8 Å². The molecule has 2 bridgehead atoms. The molecule has 3 unspecified atom stereocenters. The molecule has 3 N–H and O–H groups in total. The van der Waals surface area contributed by atoms with Crippen LogP contribution in [0.1, 0.15) is 32.6 Å². The number of halogens is 2. The fraction of sp³-hybridized carbons (Fsp3) is 0.619. The Labute approximate surface area is 180 Å². The van der Waals surface area contributed by atoms with E-state index < -0.39 is 5.82 Å². The number of rotatable bonds is 6. The summed E-state index contributed by atoms with van der Waals surface area (Å²) in [6.45, 7) is 1.87. The van der Waals surface area contributed by atoms with E-state index in [9.17, 15) is 14.0 Å². The SMILES string of the molecule is CC1CC(C(=O)N[C@@H]2CC(NC(=O)COc3ccc(Cl)c(F)c3)C3CC2C3)N(C)N1. The molecular weight excluding hydrogens is 411 g/mol. The second-order valence-electron chi connectivity index (χ2n) is 8.77. The quantitative estimate of drug-likeness (QED) is 0.631. The molecule has 0 radical (unpaired) electrons. The van der Waals surface area contributed by atoms with Gasteiger partial charge in [0.1, 0.15) is 17.6 Å². The number of hydrazine groups is 1. The van der Waals surface area contributed by atoms with Gasteiger partial charge in [0.15, 0.2) is 6.61 Å². The molecule has 1 saturated heterocycles. The summed E-state index contributed by atoms with van der Waals surface area (Å²) in [5.74, 6) is 0.391. The van der Waals surface area contributed by atoms with Gasteiger partial charge in [-0.1, -0.05) is 11.6 Å². The lowest BCUT2D eigenvalue weighted by atomic mass is 9.60. The highest BCUT2D eigenvalue weighted by Gasteiger charge is 2.47. The summed E-state index contributed by atoms with van der Waals surface area (Å²) in [7, 11) is 1.89. The summed E-state index contributed by atoms with van der Waals surface area (Å²) in [5.41, 5.74) is 3.25. The zero-order valence-corrected chi connectivity index (χ0v) is 17.9. The van der Waals surface area contributed by atoms with Crippen LogP contribution < -0.4 is 20.8 Å². The van der Waals surface area contributed by atoms with Crippen molar-refractivity contribution in [2.24, 2.45) is 11.8 Å². The maximum absolute atomic E-state index is 13.5. The van der Waals surface area contributed by atoms with Crippen molar-refractivity contribution < 1.29 is 18.7 Å². The Morgan fingerprint density at radius 1 is 1.20 bits per heavy atom. The van der Waals surface area contributed by atoms with Crippen molar-refractivity contribution >= 4 is 23.4 Å². The van der Waals surface area contributed by atoms with E-state index in [4.69, 9.17) is 16.3 Å². The lowest BCUT2D eigenvalue weighted by Gasteiger charge is -2.51. The van der Waals surface area contributed by atoms with Crippen LogP contribution in [0.15, 0.2) is 18.2 Å². The van der Waals surface area contributed by atoms with Crippen LogP contribution in [0.25, 0.3) is 0 Å². The second-order valence-corrected chi connectivity index (χ2v) is 9.18. The van der Waals surface area contributed by atoms with E-state index in [1.807, 2.05) is 12.1 Å². The molecule has 9 heteroatoms. The van der Waals surface area contributed by atoms with Crippen molar-refractivity contribution in [2.45, 2.75) is 56.8 Å². The lowest BCUT2D eigenvalue weighted by Crippen LogP contribution is -2.61. The molecule has 164 valence electrons. The van der Waals surface area contributed by atoms with Crippen molar-refractivity contribution in [3.63, 3.8) is 0 Å². The van der Waals surface area contributed by atoms with E-state index in [1.165, 1.54) is 12.1 Å². The van der Waals surface area contributed by atoms with Gasteiger partial charge in [-0.2, -0.15) is 0 Å². The van der Waals surface area contributed by atoms with Crippen molar-refractivity contribution in [3.05, 3.63) is 29.0 Å². The standard InChI is InChI=1S/C21H28ClFN4O3/c1-11-5-19(27(2)26-11)21(29)25-18-9-17(12-6-13(18)7-12)24-20(28)10-30-14-3-4-15(22)16(23)8-14/h3-4,8,11-13,17-19,26H,5-7,9-10H2,1-2H3,(H,24,28)(H,25,29)/t11?,12?,13?,17?,18-,19?/m1/s1. The largest absolute Gasteiger partial charge is 0.484 e. The minimum atomic E-state index is -0.585. The number of benzene rings is 1. The molecule has 0 aromatic heterocycles. The maximum Gasteiger partial charge on any atom is 0.258 e. The first-order chi connectivity index (χ1) is 14.3. The Balaban J connectivity index is 1.27. The van der Waals surface area contributed by atoms with Gasteiger partial charge in [-0.25, -0.2) is 9.40 Å². The fourth-order valence-electron chi connectivity index (χ4n) is 4.89. The Morgan fingerprint density at radius 2 is 1.90 bits per heavy atom. The highest BCUT2D eigenvalue weighted by Crippen LogP contribution is 2.45. The summed E-state index contributed by atoms with van der Waals surface area (Å²) in [6, 6.07) is 4.28. The average molecular weight is 439 g/mol. The number of carbonyl (C=O) groups excluding carboxylic acids is 2. The van der Waals surface area contributed by atoms with Crippen LogP contribution >= 0.6 is 11.6 Å². The molecule has 7 nitrogen and oxygen atoms in total. The van der Waals surface area contributed by atoms with E-state index in [-0.39, 0.29) is 53.4 Å². The third-order valence-corrected chi connectivity index (χ3v) is 6.87. The Morgan fingerprint density at radius 3 is 2.53 bits per heavy atom. The van der Waals surface area contributed by atoms with E-state index in [0.717, 1.165) is 31.7 Å². The second kappa shape index (κ2) is 8.69. The minimum absolute atomic E-state index is 0.00988. The number of likely N-dealkylation sites (N-methyl/N-ethyl adjacent to an activating group) is 1. The summed E-state index contributed by atoms with van der Waals surface area (Å²) >= 11 is 5.65. The van der Waals surface area contributed by atoms with Crippen LogP contribution in [-0.2, 0) is 9.59 Å². The molecule has 4 aliphatic rings. The van der Waals surface area contributed by atoms with Gasteiger partial charge in [0.05, 0.1) is 5.02 Å². The molecule has 4 atom stereocenters. The minimum Gasteiger partial charge on any atom is -0.484 e. The van der Waals surface area contributed by atoms with E-state index in [1.54, 1.807) is 0 Å². The van der Waals surface area contributed by atoms with Gasteiger partial charge in [0.25, 0.3) is 5.91 Å². The monoisotopic (exact) mass is 438 g/mol. The predicted molar refractivity (Wildman–Crippen MR) is 110 cm³/mol. The normalized spacial score (nSPS) is 32.9. The van der Waals surface area contributed by atoms with Gasteiger partial charge in [-0.3, -0.25) is 15.0 Å². The van der Waals surface area contributed by atoms with Gasteiger partial charge in [-0.05, 0) is 56.6 Å². The molecule has 3 aliphatic carbocycles. The highest BCUT2D eigenvalue weighted by molar-refractivity contribution is 6.30. The average Bonchev–Trinajstić information content (AvgIpc) is 3.00. The van der Waals surface area contributed by atoms with Crippen molar-refractivity contribution in [1.82, 2.24) is 21.1 Å². The van der Waals surface area contributed by atoms with E-state index >= 15 is 0 Å². The summed E-state index contributed by atoms with van der Waals surface area (Å²) < 4.78 is 18.9. The summed E-state index contributed by atoms with van der Waals surface area (Å²) in [4.78, 5) is 25.1. The van der Waals surface area contributed by atoms with Gasteiger partial charge in [0, 0.05) is 31.2 Å². The van der Waals surface area contributed by atoms with Crippen LogP contribution in [0.5, 0.6) is 5.75 Å². The molecule has 2 amide bonds. The van der Waals surface area contributed by atoms with Crippen LogP contribution in [0.2, 0.25) is 5.02 Å². The maximum atomic E-state index is 13.5. The number of carbonyl (C=O) groups is 2. The first-order valence-electron chi connectivity index (χ1n) is 10.5. The number of amides is 2. The topological polar surface area (TPSA) is 82.7 Å². The smallest absolute Gasteiger partial charge is 0.258 e. The molecule has 30 heavy (non-hydrogen) atoms. The van der Waals surface area contributed by atoms with Crippen LogP contribution in [0, 0.1) is 17.7 Å². The molecule has 1 aromatic rings. The zero-order valence-electron chi connectivity index (χ0n) is 17.2. The van der Waals surface area contributed by atoms with Crippen molar-refractivity contribution in [3.8, 4) is 5.75 Å². The number of fused-ring (bicyclic) bond motifs is 2. The van der Waals surface area contributed by atoms with Crippen LogP contribution in [0.3, 0.4) is 0 Å². The summed E-state index contributed by atoms with van der Waals surface area (Å²) in [5, 5.41) is 8.14. The fourth-order valence-corrected chi connectivity index (χ4v) is 5.00. The third-order valence-electron chi connectivity index (χ3n) is 6.56. The molecule has 5 rings (SSSR count). The first-order valence-corrected chi connectivity index (χ1v) is 10.8. The summed E-state index contributed by atoms with van der Waals surface area (Å²) in [6.07, 6.45) is 3.52. The molecule has 1 aliphatic heterocycles. The first kappa shape index (κ1) is 21.3. The predicted octanol–water partition coefficient (Wildman–Crippen LogP) is 1.85. The van der Waals surface area contributed by atoms with Gasteiger partial charge in [0.2, 0.25) is 5.91 Å². The van der Waals surface area contributed by atoms with Crippen LogP contribution in [0.4, 0.5) is 4.39 Å². The highest BCUT2D eigenvalue weighted by atomic mass is 35.5. The van der Waals surface area contributed by atoms with Gasteiger partial charge in [-0.15, -0.1) is 0 Å². The molecular formula is C21H28ClFN4O3. The Kier molecular flexibility index (Phi) is 6.18. The molecule has 0 spiro atoms. The molecule has 1 aromatic carbocycles. The number of nitrogens with zero attached hydrogens (tertiary/aromatic N) is 1. The zero-order chi connectivity index (χ0) is 21.4. The van der Waals surface area contributed by atoms with Crippen molar-refractivity contribution in [1.29, 1.82) is 0 Å². The number of hydrogen-bond donors (Lipinski definition) is 3. The Bertz CT molecular complexity index is 819. The lowest BCUT2D eigenvalue weighted by molar-refractivity contribution is -0.129. The van der Waals surface area contributed by atoms with Crippen molar-refractivity contribution in [2.75, 3.05) is 13.7 Å². The number of hydrogen-bond acceptors (Lipinski definition) is 5. The number of ether oxygens (including phenoxy) is 1. The van der Waals surface area contributed by atoms with Gasteiger partial charge >= 0.3 is 0 Å². The molecule has 3 saturated carbocycles. The Hall–Kier alpha value is -1.90. The van der Waals surface area contributed by atoms with Gasteiger partial charge < -0.3 is 15.4 Å². The third kappa shape index (κ3) is 4.55. The van der Waals surface area contributed by atoms with Crippen LogP contribution in [-0.4, -0.2) is 54.6 Å². The van der Waals surface area contributed by atoms with E-state index in [2.05, 4.69) is 23.0 Å². The molecule has 1 heterocycles. The number of nitrogens with one attached hydrogen (secondary N) is 3. The molecule has 4 fully saturated rings.